The molecule has 2 aliphatic rings. The summed E-state index contributed by atoms with van der Waals surface area (Å²) in [6, 6.07) is 15.5. The molecule has 0 unspecified atom stereocenters. The van der Waals surface area contributed by atoms with Gasteiger partial charge in [0.25, 0.3) is 0 Å². The van der Waals surface area contributed by atoms with E-state index in [0.29, 0.717) is 19.4 Å². The van der Waals surface area contributed by atoms with Crippen LogP contribution in [-0.4, -0.2) is 42.3 Å². The lowest BCUT2D eigenvalue weighted by atomic mass is 9.79. The molecule has 0 aromatic heterocycles. The summed E-state index contributed by atoms with van der Waals surface area (Å²) in [4.78, 5) is 36.7. The molecule has 180 valence electrons. The highest BCUT2D eigenvalue weighted by Crippen LogP contribution is 2.44. The highest BCUT2D eigenvalue weighted by molar-refractivity contribution is 5.85. The molecule has 2 aliphatic carbocycles. The molecule has 7 nitrogen and oxygen atoms in total. The van der Waals surface area contributed by atoms with Crippen molar-refractivity contribution in [1.29, 1.82) is 0 Å². The molecule has 3 N–H and O–H groups in total. The molecule has 1 fully saturated rings. The molecule has 0 spiro atoms. The molecular weight excluding hydrogens is 432 g/mol. The van der Waals surface area contributed by atoms with E-state index < -0.39 is 24.0 Å². The number of carbonyl (C=O) groups is 3. The van der Waals surface area contributed by atoms with Crippen LogP contribution in [0.4, 0.5) is 4.79 Å². The lowest BCUT2D eigenvalue weighted by Crippen LogP contribution is -2.48. The van der Waals surface area contributed by atoms with Crippen molar-refractivity contribution in [1.82, 2.24) is 10.6 Å². The van der Waals surface area contributed by atoms with Crippen LogP contribution in [0.25, 0.3) is 11.1 Å². The van der Waals surface area contributed by atoms with Crippen molar-refractivity contribution in [2.24, 2.45) is 11.8 Å². The number of nitrogens with one attached hydrogen (secondary N) is 2. The van der Waals surface area contributed by atoms with E-state index in [4.69, 9.17) is 4.74 Å². The lowest BCUT2D eigenvalue weighted by molar-refractivity contribution is -0.145. The van der Waals surface area contributed by atoms with Gasteiger partial charge in [-0.1, -0.05) is 68.3 Å². The molecule has 4 rings (SSSR count). The Kier molecular flexibility index (Phi) is 7.50. The summed E-state index contributed by atoms with van der Waals surface area (Å²) in [6.07, 6.45) is 3.08. The van der Waals surface area contributed by atoms with Crippen molar-refractivity contribution in [3.63, 3.8) is 0 Å². The average Bonchev–Trinajstić information content (AvgIpc) is 3.18. The standard InChI is InChI=1S/C27H32N2O5/c1-2-24(25(30)28-15-17-9-3-4-10-18(17)26(31)32)29-27(33)34-16-23-21-13-7-5-11-19(21)20-12-6-8-14-22(20)23/h5-8,11-14,17-18,23-24H,2-4,9-10,15-16H2,1H3,(H,28,30)(H,29,33)(H,31,32)/t17-,18-,24-/m0/s1. The van der Waals surface area contributed by atoms with Crippen LogP contribution in [-0.2, 0) is 14.3 Å². The van der Waals surface area contributed by atoms with Gasteiger partial charge in [0.1, 0.15) is 12.6 Å². The van der Waals surface area contributed by atoms with Crippen molar-refractivity contribution in [2.45, 2.75) is 51.0 Å². The predicted octanol–water partition coefficient (Wildman–Crippen LogP) is 4.31. The molecule has 34 heavy (non-hydrogen) atoms. The van der Waals surface area contributed by atoms with E-state index in [1.807, 2.05) is 31.2 Å². The van der Waals surface area contributed by atoms with Gasteiger partial charge in [-0.2, -0.15) is 0 Å². The van der Waals surface area contributed by atoms with Crippen LogP contribution in [0.5, 0.6) is 0 Å². The highest BCUT2D eigenvalue weighted by atomic mass is 16.5. The van der Waals surface area contributed by atoms with E-state index in [1.54, 1.807) is 0 Å². The second kappa shape index (κ2) is 10.7. The lowest BCUT2D eigenvalue weighted by Gasteiger charge is -2.29. The number of carboxylic acids is 1. The first-order valence-corrected chi connectivity index (χ1v) is 12.1. The quantitative estimate of drug-likeness (QED) is 0.540. The summed E-state index contributed by atoms with van der Waals surface area (Å²) in [6.45, 7) is 2.30. The van der Waals surface area contributed by atoms with Gasteiger partial charge in [0.2, 0.25) is 5.91 Å². The summed E-state index contributed by atoms with van der Waals surface area (Å²) in [5.74, 6) is -1.67. The first-order chi connectivity index (χ1) is 16.5. The molecule has 0 aliphatic heterocycles. The third-order valence-electron chi connectivity index (χ3n) is 7.13. The molecule has 0 saturated heterocycles. The third kappa shape index (κ3) is 5.08. The number of benzene rings is 2. The Labute approximate surface area is 199 Å². The number of rotatable bonds is 8. The molecule has 7 heteroatoms. The fourth-order valence-corrected chi connectivity index (χ4v) is 5.27. The average molecular weight is 465 g/mol. The fraction of sp³-hybridized carbons (Fsp3) is 0.444. The van der Waals surface area contributed by atoms with E-state index >= 15 is 0 Å². The van der Waals surface area contributed by atoms with Crippen LogP contribution < -0.4 is 10.6 Å². The number of aliphatic carboxylic acids is 1. The van der Waals surface area contributed by atoms with Gasteiger partial charge in [0.15, 0.2) is 0 Å². The third-order valence-corrected chi connectivity index (χ3v) is 7.13. The number of carbonyl (C=O) groups excluding carboxylic acids is 2. The van der Waals surface area contributed by atoms with Crippen molar-refractivity contribution in [3.8, 4) is 11.1 Å². The van der Waals surface area contributed by atoms with Gasteiger partial charge in [-0.3, -0.25) is 9.59 Å². The van der Waals surface area contributed by atoms with Gasteiger partial charge in [0.05, 0.1) is 5.92 Å². The number of ether oxygens (including phenoxy) is 1. The zero-order valence-electron chi connectivity index (χ0n) is 19.5. The molecular formula is C27H32N2O5. The number of hydrogen-bond acceptors (Lipinski definition) is 4. The fourth-order valence-electron chi connectivity index (χ4n) is 5.27. The topological polar surface area (TPSA) is 105 Å². The van der Waals surface area contributed by atoms with Crippen molar-refractivity contribution < 1.29 is 24.2 Å². The maximum absolute atomic E-state index is 12.7. The summed E-state index contributed by atoms with van der Waals surface area (Å²) in [7, 11) is 0. The number of carboxylic acid groups (broad SMARTS) is 1. The van der Waals surface area contributed by atoms with E-state index in [-0.39, 0.29) is 24.3 Å². The number of hydrogen-bond donors (Lipinski definition) is 3. The highest BCUT2D eigenvalue weighted by Gasteiger charge is 2.32. The minimum Gasteiger partial charge on any atom is -0.481 e. The van der Waals surface area contributed by atoms with Gasteiger partial charge in [-0.05, 0) is 47.4 Å². The Balaban J connectivity index is 1.31. The smallest absolute Gasteiger partial charge is 0.407 e. The second-order valence-corrected chi connectivity index (χ2v) is 9.17. The predicted molar refractivity (Wildman–Crippen MR) is 128 cm³/mol. The molecule has 0 bridgehead atoms. The minimum absolute atomic E-state index is 0.0497. The Morgan fingerprint density at radius 1 is 1.00 bits per heavy atom. The van der Waals surface area contributed by atoms with E-state index in [2.05, 4.69) is 34.9 Å². The number of fused-ring (bicyclic) bond motifs is 3. The summed E-state index contributed by atoms with van der Waals surface area (Å²) in [5, 5.41) is 14.9. The first-order valence-electron chi connectivity index (χ1n) is 12.1. The monoisotopic (exact) mass is 464 g/mol. The van der Waals surface area contributed by atoms with Crippen LogP contribution in [0.15, 0.2) is 48.5 Å². The maximum Gasteiger partial charge on any atom is 0.407 e. The van der Waals surface area contributed by atoms with Crippen LogP contribution in [0.2, 0.25) is 0 Å². The first kappa shape index (κ1) is 23.8. The molecule has 3 atom stereocenters. The summed E-state index contributed by atoms with van der Waals surface area (Å²) in [5.41, 5.74) is 4.56. The Morgan fingerprint density at radius 2 is 1.62 bits per heavy atom. The van der Waals surface area contributed by atoms with E-state index in [9.17, 15) is 19.5 Å². The molecule has 2 amide bonds. The zero-order valence-corrected chi connectivity index (χ0v) is 19.5. The van der Waals surface area contributed by atoms with E-state index in [1.165, 1.54) is 0 Å². The Hall–Kier alpha value is -3.35. The van der Waals surface area contributed by atoms with Gasteiger partial charge >= 0.3 is 12.1 Å². The van der Waals surface area contributed by atoms with E-state index in [0.717, 1.165) is 41.5 Å². The molecule has 2 aromatic rings. The van der Waals surface area contributed by atoms with Gasteiger partial charge in [0, 0.05) is 12.5 Å². The van der Waals surface area contributed by atoms with Gasteiger partial charge < -0.3 is 20.5 Å². The summed E-state index contributed by atoms with van der Waals surface area (Å²) >= 11 is 0. The Bertz CT molecular complexity index is 1010. The number of alkyl carbamates (subject to hydrolysis) is 1. The zero-order chi connectivity index (χ0) is 24.1. The second-order valence-electron chi connectivity index (χ2n) is 9.17. The van der Waals surface area contributed by atoms with Crippen LogP contribution in [0, 0.1) is 11.8 Å². The van der Waals surface area contributed by atoms with Crippen molar-refractivity contribution in [2.75, 3.05) is 13.2 Å². The Morgan fingerprint density at radius 3 is 2.24 bits per heavy atom. The normalized spacial score (nSPS) is 20.0. The molecule has 0 heterocycles. The maximum atomic E-state index is 12.7. The van der Waals surface area contributed by atoms with Crippen molar-refractivity contribution in [3.05, 3.63) is 59.7 Å². The minimum atomic E-state index is -0.803. The molecule has 2 aromatic carbocycles. The van der Waals surface area contributed by atoms with Crippen LogP contribution in [0.3, 0.4) is 0 Å². The largest absolute Gasteiger partial charge is 0.481 e. The molecule has 1 saturated carbocycles. The van der Waals surface area contributed by atoms with Gasteiger partial charge in [-0.15, -0.1) is 0 Å². The molecule has 0 radical (unpaired) electrons. The van der Waals surface area contributed by atoms with Crippen LogP contribution in [0.1, 0.15) is 56.1 Å². The van der Waals surface area contributed by atoms with Gasteiger partial charge in [-0.25, -0.2) is 4.79 Å². The number of amides is 2. The summed E-state index contributed by atoms with van der Waals surface area (Å²) < 4.78 is 5.56. The van der Waals surface area contributed by atoms with Crippen molar-refractivity contribution >= 4 is 18.0 Å². The SMILES string of the molecule is CC[C@H](NC(=O)OCC1c2ccccc2-c2ccccc21)C(=O)NC[C@@H]1CCCC[C@@H]1C(=O)O. The van der Waals surface area contributed by atoms with Crippen LogP contribution >= 0.6 is 0 Å².